The molecule has 0 aromatic heterocycles. The number of thioether (sulfide) groups is 1. The zero-order valence-corrected chi connectivity index (χ0v) is 8.28. The van der Waals surface area contributed by atoms with E-state index in [1.165, 1.54) is 31.8 Å². The fourth-order valence-electron chi connectivity index (χ4n) is 1.37. The lowest BCUT2D eigenvalue weighted by molar-refractivity contribution is 0.133. The largest absolute Gasteiger partial charge is 0.315 e. The van der Waals surface area contributed by atoms with E-state index in [2.05, 4.69) is 16.5 Å². The molecule has 1 aliphatic rings. The molecule has 1 saturated heterocycles. The maximum Gasteiger partial charge on any atom is 0.0320 e. The van der Waals surface area contributed by atoms with Crippen LogP contribution in [0.15, 0.2) is 0 Å². The molecule has 0 spiro atoms. The minimum atomic E-state index is 0.768. The Bertz CT molecular complexity index is 102. The first-order valence-electron chi connectivity index (χ1n) is 4.25. The molecule has 2 nitrogen and oxygen atoms in total. The van der Waals surface area contributed by atoms with Crippen LogP contribution in [-0.4, -0.2) is 49.6 Å². The van der Waals surface area contributed by atoms with Crippen LogP contribution in [0.5, 0.6) is 0 Å². The van der Waals surface area contributed by atoms with Gasteiger partial charge >= 0.3 is 0 Å². The van der Waals surface area contributed by atoms with Gasteiger partial charge in [0.25, 0.3) is 0 Å². The topological polar surface area (TPSA) is 15.3 Å². The van der Waals surface area contributed by atoms with Crippen molar-refractivity contribution in [3.63, 3.8) is 0 Å². The summed E-state index contributed by atoms with van der Waals surface area (Å²) in [4.78, 5) is 2.51. The summed E-state index contributed by atoms with van der Waals surface area (Å²) in [6.07, 6.45) is 3.52. The molecule has 1 heterocycles. The van der Waals surface area contributed by atoms with E-state index in [9.17, 15) is 0 Å². The third-order valence-corrected chi connectivity index (χ3v) is 2.89. The van der Waals surface area contributed by atoms with E-state index >= 15 is 0 Å². The van der Waals surface area contributed by atoms with Gasteiger partial charge in [0.1, 0.15) is 0 Å². The van der Waals surface area contributed by atoms with E-state index in [-0.39, 0.29) is 0 Å². The number of hydrogen-bond donors (Lipinski definition) is 1. The lowest BCUT2D eigenvalue weighted by Crippen LogP contribution is -2.56. The van der Waals surface area contributed by atoms with Crippen molar-refractivity contribution in [3.05, 3.63) is 0 Å². The predicted octanol–water partition coefficient (Wildman–Crippen LogP) is 0.643. The van der Waals surface area contributed by atoms with Crippen LogP contribution in [0.2, 0.25) is 0 Å². The van der Waals surface area contributed by atoms with Gasteiger partial charge in [0, 0.05) is 19.1 Å². The SMILES string of the molecule is CNC1CN(CCCSC)C1. The van der Waals surface area contributed by atoms with Gasteiger partial charge < -0.3 is 10.2 Å². The molecule has 1 aliphatic heterocycles. The Morgan fingerprint density at radius 3 is 2.82 bits per heavy atom. The summed E-state index contributed by atoms with van der Waals surface area (Å²) in [7, 11) is 2.05. The van der Waals surface area contributed by atoms with Crippen molar-refractivity contribution in [2.24, 2.45) is 0 Å². The molecule has 1 fully saturated rings. The van der Waals surface area contributed by atoms with Gasteiger partial charge in [-0.25, -0.2) is 0 Å². The summed E-state index contributed by atoms with van der Waals surface area (Å²) in [5, 5.41) is 3.27. The first-order chi connectivity index (χ1) is 5.36. The van der Waals surface area contributed by atoms with Crippen molar-refractivity contribution in [1.82, 2.24) is 10.2 Å². The van der Waals surface area contributed by atoms with Gasteiger partial charge in [0.05, 0.1) is 0 Å². The molecule has 0 radical (unpaired) electrons. The number of rotatable bonds is 5. The van der Waals surface area contributed by atoms with Crippen molar-refractivity contribution in [2.75, 3.05) is 38.7 Å². The van der Waals surface area contributed by atoms with Crippen molar-refractivity contribution in [1.29, 1.82) is 0 Å². The molecular formula is C8H18N2S. The van der Waals surface area contributed by atoms with Gasteiger partial charge in [-0.05, 0) is 32.0 Å². The van der Waals surface area contributed by atoms with E-state index in [0.29, 0.717) is 0 Å². The number of likely N-dealkylation sites (N-methyl/N-ethyl adjacent to an activating group) is 1. The molecule has 1 N–H and O–H groups in total. The molecule has 1 rings (SSSR count). The van der Waals surface area contributed by atoms with Crippen LogP contribution in [-0.2, 0) is 0 Å². The first-order valence-corrected chi connectivity index (χ1v) is 5.64. The second-order valence-corrected chi connectivity index (χ2v) is 4.08. The average Bonchev–Trinajstić information content (AvgIpc) is 1.94. The minimum absolute atomic E-state index is 0.768. The van der Waals surface area contributed by atoms with Gasteiger partial charge in [-0.2, -0.15) is 11.8 Å². The van der Waals surface area contributed by atoms with Gasteiger partial charge in [-0.3, -0.25) is 0 Å². The van der Waals surface area contributed by atoms with Crippen molar-refractivity contribution >= 4 is 11.8 Å². The highest BCUT2D eigenvalue weighted by Gasteiger charge is 2.23. The van der Waals surface area contributed by atoms with Gasteiger partial charge in [-0.1, -0.05) is 0 Å². The lowest BCUT2D eigenvalue weighted by atomic mass is 10.1. The highest BCUT2D eigenvalue weighted by molar-refractivity contribution is 7.98. The molecule has 66 valence electrons. The van der Waals surface area contributed by atoms with E-state index < -0.39 is 0 Å². The van der Waals surface area contributed by atoms with E-state index in [1.807, 2.05) is 18.8 Å². The first kappa shape index (κ1) is 9.36. The van der Waals surface area contributed by atoms with Crippen LogP contribution in [0.25, 0.3) is 0 Å². The van der Waals surface area contributed by atoms with Gasteiger partial charge in [-0.15, -0.1) is 0 Å². The predicted molar refractivity (Wildman–Crippen MR) is 52.3 cm³/mol. The molecule has 11 heavy (non-hydrogen) atoms. The monoisotopic (exact) mass is 174 g/mol. The maximum atomic E-state index is 3.27. The molecule has 0 unspecified atom stereocenters. The summed E-state index contributed by atoms with van der Waals surface area (Å²) >= 11 is 1.94. The lowest BCUT2D eigenvalue weighted by Gasteiger charge is -2.39. The molecule has 0 saturated carbocycles. The van der Waals surface area contributed by atoms with Crippen LogP contribution in [0, 0.1) is 0 Å². The molecule has 0 bridgehead atoms. The van der Waals surface area contributed by atoms with Crippen LogP contribution in [0.3, 0.4) is 0 Å². The Kier molecular flexibility index (Phi) is 4.26. The summed E-state index contributed by atoms with van der Waals surface area (Å²) in [5.41, 5.74) is 0. The van der Waals surface area contributed by atoms with Gasteiger partial charge in [0.2, 0.25) is 0 Å². The number of hydrogen-bond acceptors (Lipinski definition) is 3. The highest BCUT2D eigenvalue weighted by Crippen LogP contribution is 2.08. The fourth-order valence-corrected chi connectivity index (χ4v) is 1.79. The summed E-state index contributed by atoms with van der Waals surface area (Å²) in [5.74, 6) is 1.31. The van der Waals surface area contributed by atoms with Crippen LogP contribution >= 0.6 is 11.8 Å². The van der Waals surface area contributed by atoms with E-state index in [1.54, 1.807) is 0 Å². The smallest absolute Gasteiger partial charge is 0.0320 e. The third kappa shape index (κ3) is 3.01. The fraction of sp³-hybridized carbons (Fsp3) is 1.00. The molecule has 0 amide bonds. The molecule has 0 aromatic carbocycles. The Labute approximate surface area is 73.7 Å². The normalized spacial score (nSPS) is 20.2. The van der Waals surface area contributed by atoms with E-state index in [0.717, 1.165) is 6.04 Å². The number of nitrogens with one attached hydrogen (secondary N) is 1. The van der Waals surface area contributed by atoms with Crippen molar-refractivity contribution < 1.29 is 0 Å². The molecular weight excluding hydrogens is 156 g/mol. The minimum Gasteiger partial charge on any atom is -0.315 e. The maximum absolute atomic E-state index is 3.27. The van der Waals surface area contributed by atoms with Crippen LogP contribution in [0.1, 0.15) is 6.42 Å². The Balaban J connectivity index is 1.88. The highest BCUT2D eigenvalue weighted by atomic mass is 32.2. The van der Waals surface area contributed by atoms with Crippen molar-refractivity contribution in [2.45, 2.75) is 12.5 Å². The van der Waals surface area contributed by atoms with Gasteiger partial charge in [0.15, 0.2) is 0 Å². The second kappa shape index (κ2) is 5.01. The van der Waals surface area contributed by atoms with Crippen LogP contribution in [0.4, 0.5) is 0 Å². The van der Waals surface area contributed by atoms with Crippen molar-refractivity contribution in [3.8, 4) is 0 Å². The second-order valence-electron chi connectivity index (χ2n) is 3.09. The van der Waals surface area contributed by atoms with E-state index in [4.69, 9.17) is 0 Å². The standard InChI is InChI=1S/C8H18N2S/c1-9-8-6-10(7-8)4-3-5-11-2/h8-9H,3-7H2,1-2H3. The quantitative estimate of drug-likeness (QED) is 0.616. The third-order valence-electron chi connectivity index (χ3n) is 2.19. The summed E-state index contributed by atoms with van der Waals surface area (Å²) in [6, 6.07) is 0.768. The Morgan fingerprint density at radius 1 is 1.55 bits per heavy atom. The Morgan fingerprint density at radius 2 is 2.27 bits per heavy atom. The van der Waals surface area contributed by atoms with Crippen LogP contribution < -0.4 is 5.32 Å². The average molecular weight is 174 g/mol. The molecule has 0 aliphatic carbocycles. The summed E-state index contributed by atoms with van der Waals surface area (Å²) < 4.78 is 0. The molecule has 0 aromatic rings. The Hall–Kier alpha value is 0.270. The number of nitrogens with zero attached hydrogens (tertiary/aromatic N) is 1. The molecule has 3 heteroatoms. The molecule has 0 atom stereocenters. The number of likely N-dealkylation sites (tertiary alicyclic amines) is 1. The summed E-state index contributed by atoms with van der Waals surface area (Å²) in [6.45, 7) is 3.80. The zero-order valence-electron chi connectivity index (χ0n) is 7.47. The zero-order chi connectivity index (χ0) is 8.10.